The predicted octanol–water partition coefficient (Wildman–Crippen LogP) is 4.38. The van der Waals surface area contributed by atoms with Gasteiger partial charge in [-0.25, -0.2) is 0 Å². The van der Waals surface area contributed by atoms with Crippen LogP contribution < -0.4 is 5.43 Å². The SMILES string of the molecule is O=C(O)CCc1ccc(-c2cccs2)n1NC(=O)c1cccc(Br)c1. The lowest BCUT2D eigenvalue weighted by Crippen LogP contribution is -2.25. The van der Waals surface area contributed by atoms with Crippen LogP contribution >= 0.6 is 27.3 Å². The largest absolute Gasteiger partial charge is 0.481 e. The second-order valence-corrected chi connectivity index (χ2v) is 7.23. The number of aromatic nitrogens is 1. The van der Waals surface area contributed by atoms with Crippen LogP contribution in [0.4, 0.5) is 0 Å². The highest BCUT2D eigenvalue weighted by Crippen LogP contribution is 2.27. The van der Waals surface area contributed by atoms with Gasteiger partial charge in [-0.1, -0.05) is 28.1 Å². The highest BCUT2D eigenvalue weighted by atomic mass is 79.9. The van der Waals surface area contributed by atoms with Gasteiger partial charge in [-0.05, 0) is 41.8 Å². The maximum absolute atomic E-state index is 12.6. The van der Waals surface area contributed by atoms with Crippen LogP contribution in [-0.2, 0) is 11.2 Å². The monoisotopic (exact) mass is 418 g/mol. The average Bonchev–Trinajstić information content (AvgIpc) is 3.22. The van der Waals surface area contributed by atoms with E-state index < -0.39 is 5.97 Å². The maximum Gasteiger partial charge on any atom is 0.303 e. The van der Waals surface area contributed by atoms with Gasteiger partial charge in [0.1, 0.15) is 0 Å². The molecule has 0 aliphatic rings. The van der Waals surface area contributed by atoms with Crippen LogP contribution in [-0.4, -0.2) is 21.7 Å². The molecule has 0 saturated heterocycles. The van der Waals surface area contributed by atoms with E-state index >= 15 is 0 Å². The zero-order valence-corrected chi connectivity index (χ0v) is 15.5. The van der Waals surface area contributed by atoms with Gasteiger partial charge in [0.25, 0.3) is 5.91 Å². The number of carbonyl (C=O) groups is 2. The number of benzene rings is 1. The molecule has 2 heterocycles. The number of halogens is 1. The quantitative estimate of drug-likeness (QED) is 0.623. The van der Waals surface area contributed by atoms with Gasteiger partial charge in [0.15, 0.2) is 0 Å². The Morgan fingerprint density at radius 1 is 1.16 bits per heavy atom. The smallest absolute Gasteiger partial charge is 0.303 e. The molecule has 0 spiro atoms. The fraction of sp³-hybridized carbons (Fsp3) is 0.111. The minimum atomic E-state index is -0.872. The third kappa shape index (κ3) is 4.18. The van der Waals surface area contributed by atoms with Gasteiger partial charge in [0.2, 0.25) is 0 Å². The number of aryl methyl sites for hydroxylation is 1. The van der Waals surface area contributed by atoms with Crippen LogP contribution in [0.15, 0.2) is 58.4 Å². The Bertz CT molecular complexity index is 903. The van der Waals surface area contributed by atoms with Crippen molar-refractivity contribution in [3.05, 3.63) is 69.6 Å². The number of hydrogen-bond acceptors (Lipinski definition) is 3. The molecule has 2 N–H and O–H groups in total. The lowest BCUT2D eigenvalue weighted by Gasteiger charge is -2.14. The summed E-state index contributed by atoms with van der Waals surface area (Å²) in [6.45, 7) is 0. The highest BCUT2D eigenvalue weighted by molar-refractivity contribution is 9.10. The van der Waals surface area contributed by atoms with Crippen molar-refractivity contribution in [1.29, 1.82) is 0 Å². The molecule has 1 aromatic carbocycles. The van der Waals surface area contributed by atoms with Gasteiger partial charge in [-0.2, -0.15) is 0 Å². The van der Waals surface area contributed by atoms with Crippen LogP contribution in [0, 0.1) is 0 Å². The van der Waals surface area contributed by atoms with Crippen LogP contribution in [0.3, 0.4) is 0 Å². The number of carboxylic acids is 1. The summed E-state index contributed by atoms with van der Waals surface area (Å²) in [7, 11) is 0. The van der Waals surface area contributed by atoms with Crippen LogP contribution in [0.25, 0.3) is 10.6 Å². The Morgan fingerprint density at radius 2 is 2.00 bits per heavy atom. The molecule has 0 atom stereocenters. The lowest BCUT2D eigenvalue weighted by atomic mass is 10.2. The summed E-state index contributed by atoms with van der Waals surface area (Å²) in [5, 5.41) is 10.9. The first-order valence-corrected chi connectivity index (χ1v) is 9.25. The molecule has 128 valence electrons. The Hall–Kier alpha value is -2.38. The fourth-order valence-electron chi connectivity index (χ4n) is 2.45. The molecule has 0 unspecified atom stereocenters. The summed E-state index contributed by atoms with van der Waals surface area (Å²) in [5.41, 5.74) is 4.98. The molecule has 0 radical (unpaired) electrons. The summed E-state index contributed by atoms with van der Waals surface area (Å²) in [4.78, 5) is 24.5. The topological polar surface area (TPSA) is 71.3 Å². The molecular weight excluding hydrogens is 404 g/mol. The van der Waals surface area contributed by atoms with Crippen molar-refractivity contribution in [2.45, 2.75) is 12.8 Å². The molecule has 25 heavy (non-hydrogen) atoms. The summed E-state index contributed by atoms with van der Waals surface area (Å²) in [5.74, 6) is -1.13. The molecule has 0 saturated carbocycles. The number of carbonyl (C=O) groups excluding carboxylic acids is 1. The summed E-state index contributed by atoms with van der Waals surface area (Å²) >= 11 is 4.92. The third-order valence-corrected chi connectivity index (χ3v) is 5.02. The Labute approximate surface area is 157 Å². The Balaban J connectivity index is 1.93. The first kappa shape index (κ1) is 17.4. The van der Waals surface area contributed by atoms with E-state index in [0.717, 1.165) is 20.7 Å². The highest BCUT2D eigenvalue weighted by Gasteiger charge is 2.15. The van der Waals surface area contributed by atoms with Crippen molar-refractivity contribution < 1.29 is 14.7 Å². The molecular formula is C18H15BrN2O3S. The zero-order chi connectivity index (χ0) is 17.8. The Morgan fingerprint density at radius 3 is 2.68 bits per heavy atom. The Kier molecular flexibility index (Phi) is 5.35. The second-order valence-electron chi connectivity index (χ2n) is 5.37. The van der Waals surface area contributed by atoms with Gasteiger partial charge in [0.05, 0.1) is 17.0 Å². The van der Waals surface area contributed by atoms with E-state index in [0.29, 0.717) is 12.0 Å². The number of hydrogen-bond donors (Lipinski definition) is 2. The summed E-state index contributed by atoms with van der Waals surface area (Å²) in [6, 6.07) is 14.7. The molecule has 2 aromatic heterocycles. The number of amides is 1. The molecule has 3 rings (SSSR count). The molecule has 0 aliphatic heterocycles. The summed E-state index contributed by atoms with van der Waals surface area (Å²) in [6.07, 6.45) is 0.333. The van der Waals surface area contributed by atoms with Gasteiger partial charge >= 0.3 is 5.97 Å². The van der Waals surface area contributed by atoms with Crippen LogP contribution in [0.1, 0.15) is 22.5 Å². The number of thiophene rings is 1. The second kappa shape index (κ2) is 7.67. The number of nitrogens with one attached hydrogen (secondary N) is 1. The molecule has 1 amide bonds. The first-order chi connectivity index (χ1) is 12.0. The standard InChI is InChI=1S/C18H15BrN2O3S/c19-13-4-1-3-12(11-13)18(24)20-21-14(7-9-17(22)23)6-8-15(21)16-5-2-10-25-16/h1-6,8,10-11H,7,9H2,(H,20,24)(H,22,23). The van der Waals surface area contributed by atoms with E-state index in [1.807, 2.05) is 35.7 Å². The number of aliphatic carboxylic acids is 1. The normalized spacial score (nSPS) is 10.6. The number of rotatable bonds is 6. The van der Waals surface area contributed by atoms with Crippen LogP contribution in [0.2, 0.25) is 0 Å². The van der Waals surface area contributed by atoms with Crippen molar-refractivity contribution in [3.63, 3.8) is 0 Å². The van der Waals surface area contributed by atoms with E-state index in [9.17, 15) is 9.59 Å². The van der Waals surface area contributed by atoms with E-state index in [-0.39, 0.29) is 12.3 Å². The van der Waals surface area contributed by atoms with Crippen molar-refractivity contribution >= 4 is 39.1 Å². The van der Waals surface area contributed by atoms with Crippen molar-refractivity contribution in [2.75, 3.05) is 5.43 Å². The molecule has 5 nitrogen and oxygen atoms in total. The molecule has 0 fully saturated rings. The maximum atomic E-state index is 12.6. The van der Waals surface area contributed by atoms with Gasteiger partial charge in [-0.15, -0.1) is 11.3 Å². The minimum absolute atomic E-state index is 0.000644. The van der Waals surface area contributed by atoms with E-state index in [1.54, 1.807) is 34.2 Å². The predicted molar refractivity (Wildman–Crippen MR) is 102 cm³/mol. The van der Waals surface area contributed by atoms with Crippen LogP contribution in [0.5, 0.6) is 0 Å². The zero-order valence-electron chi connectivity index (χ0n) is 13.1. The number of carboxylic acid groups (broad SMARTS) is 1. The van der Waals surface area contributed by atoms with E-state index in [2.05, 4.69) is 21.4 Å². The van der Waals surface area contributed by atoms with Crippen molar-refractivity contribution in [1.82, 2.24) is 4.68 Å². The van der Waals surface area contributed by atoms with E-state index in [1.165, 1.54) is 0 Å². The molecule has 0 bridgehead atoms. The molecule has 0 aliphatic carbocycles. The molecule has 3 aromatic rings. The lowest BCUT2D eigenvalue weighted by molar-refractivity contribution is -0.136. The average molecular weight is 419 g/mol. The fourth-order valence-corrected chi connectivity index (χ4v) is 3.59. The van der Waals surface area contributed by atoms with Gasteiger partial charge in [-0.3, -0.25) is 19.7 Å². The van der Waals surface area contributed by atoms with Gasteiger partial charge in [0, 0.05) is 22.2 Å². The first-order valence-electron chi connectivity index (χ1n) is 7.58. The third-order valence-electron chi connectivity index (χ3n) is 3.63. The minimum Gasteiger partial charge on any atom is -0.481 e. The molecule has 7 heteroatoms. The summed E-state index contributed by atoms with van der Waals surface area (Å²) < 4.78 is 2.50. The van der Waals surface area contributed by atoms with Gasteiger partial charge < -0.3 is 5.11 Å². The van der Waals surface area contributed by atoms with Crippen molar-refractivity contribution in [2.24, 2.45) is 0 Å². The number of nitrogens with zero attached hydrogens (tertiary/aromatic N) is 1. The van der Waals surface area contributed by atoms with E-state index in [4.69, 9.17) is 5.11 Å². The van der Waals surface area contributed by atoms with Crippen molar-refractivity contribution in [3.8, 4) is 10.6 Å².